The molecule has 0 aliphatic carbocycles. The molecule has 5 heteroatoms. The Balaban J connectivity index is 1.76. The highest BCUT2D eigenvalue weighted by molar-refractivity contribution is 5.97. The van der Waals surface area contributed by atoms with Gasteiger partial charge in [0.25, 0.3) is 0 Å². The minimum absolute atomic E-state index is 0.123. The van der Waals surface area contributed by atoms with E-state index >= 15 is 0 Å². The van der Waals surface area contributed by atoms with Gasteiger partial charge < -0.3 is 15.5 Å². The summed E-state index contributed by atoms with van der Waals surface area (Å²) in [5.74, 6) is 1.04. The van der Waals surface area contributed by atoms with Crippen LogP contribution in [0, 0.1) is 5.41 Å². The van der Waals surface area contributed by atoms with Gasteiger partial charge in [0.1, 0.15) is 0 Å². The molecule has 1 amide bonds. The second-order valence-electron chi connectivity index (χ2n) is 6.33. The van der Waals surface area contributed by atoms with Gasteiger partial charge >= 0.3 is 0 Å². The summed E-state index contributed by atoms with van der Waals surface area (Å²) in [4.78, 5) is 19.4. The van der Waals surface area contributed by atoms with Crippen LogP contribution in [0.3, 0.4) is 0 Å². The van der Waals surface area contributed by atoms with Gasteiger partial charge in [0.2, 0.25) is 5.91 Å². The third-order valence-corrected chi connectivity index (χ3v) is 4.70. The minimum Gasteiger partial charge on any atom is -0.355 e. The summed E-state index contributed by atoms with van der Waals surface area (Å²) in [6.07, 6.45) is 5.98. The van der Waals surface area contributed by atoms with E-state index in [-0.39, 0.29) is 11.3 Å². The van der Waals surface area contributed by atoms with Gasteiger partial charge in [0, 0.05) is 24.7 Å². The number of carbonyl (C=O) groups is 1. The molecule has 21 heavy (non-hydrogen) atoms. The number of hydrogen-bond acceptors (Lipinski definition) is 4. The van der Waals surface area contributed by atoms with E-state index in [9.17, 15) is 4.79 Å². The molecule has 0 aromatic carbocycles. The lowest BCUT2D eigenvalue weighted by molar-refractivity contribution is -0.126. The maximum atomic E-state index is 12.7. The second-order valence-corrected chi connectivity index (χ2v) is 6.33. The number of hydrogen-bond donors (Lipinski definition) is 2. The van der Waals surface area contributed by atoms with Gasteiger partial charge in [-0.1, -0.05) is 6.92 Å². The third-order valence-electron chi connectivity index (χ3n) is 4.70. The van der Waals surface area contributed by atoms with Crippen LogP contribution in [-0.4, -0.2) is 37.1 Å². The molecule has 2 fully saturated rings. The number of nitrogens with zero attached hydrogens (tertiary/aromatic N) is 2. The first kappa shape index (κ1) is 14.3. The van der Waals surface area contributed by atoms with Gasteiger partial charge in [-0.05, 0) is 50.9 Å². The zero-order valence-corrected chi connectivity index (χ0v) is 12.7. The molecule has 1 aromatic rings. The van der Waals surface area contributed by atoms with Crippen LogP contribution in [0.4, 0.5) is 11.5 Å². The Kier molecular flexibility index (Phi) is 4.10. The van der Waals surface area contributed by atoms with Crippen molar-refractivity contribution < 1.29 is 4.79 Å². The van der Waals surface area contributed by atoms with Crippen molar-refractivity contribution in [2.45, 2.75) is 32.6 Å². The molecule has 1 aromatic heterocycles. The largest absolute Gasteiger partial charge is 0.355 e. The second kappa shape index (κ2) is 6.02. The van der Waals surface area contributed by atoms with Crippen LogP contribution in [0.15, 0.2) is 18.3 Å². The van der Waals surface area contributed by atoms with Crippen molar-refractivity contribution in [1.29, 1.82) is 0 Å². The molecule has 3 heterocycles. The van der Waals surface area contributed by atoms with E-state index in [4.69, 9.17) is 0 Å². The zero-order chi connectivity index (χ0) is 14.7. The fourth-order valence-corrected chi connectivity index (χ4v) is 3.15. The lowest BCUT2D eigenvalue weighted by Gasteiger charge is -2.33. The van der Waals surface area contributed by atoms with Crippen molar-refractivity contribution in [3.63, 3.8) is 0 Å². The average Bonchev–Trinajstić information content (AvgIpc) is 3.02. The predicted octanol–water partition coefficient (Wildman–Crippen LogP) is 2.01. The Morgan fingerprint density at radius 1 is 1.33 bits per heavy atom. The zero-order valence-electron chi connectivity index (χ0n) is 12.7. The monoisotopic (exact) mass is 288 g/mol. The number of carbonyl (C=O) groups excluding carboxylic acids is 1. The maximum Gasteiger partial charge on any atom is 0.230 e. The number of pyridine rings is 1. The average molecular weight is 288 g/mol. The highest BCUT2D eigenvalue weighted by Crippen LogP contribution is 2.32. The summed E-state index contributed by atoms with van der Waals surface area (Å²) < 4.78 is 0. The van der Waals surface area contributed by atoms with Gasteiger partial charge in [0.05, 0.1) is 5.69 Å². The van der Waals surface area contributed by atoms with Crippen molar-refractivity contribution >= 4 is 17.4 Å². The Bertz CT molecular complexity index is 505. The molecular formula is C16H24N4O. The number of anilines is 2. The minimum atomic E-state index is -0.274. The van der Waals surface area contributed by atoms with Crippen LogP contribution in [-0.2, 0) is 4.79 Å². The molecule has 0 bridgehead atoms. The first-order valence-corrected chi connectivity index (χ1v) is 7.91. The number of piperidine rings is 1. The lowest BCUT2D eigenvalue weighted by Crippen LogP contribution is -2.43. The molecule has 3 rings (SSSR count). The van der Waals surface area contributed by atoms with Crippen LogP contribution in [0.1, 0.15) is 32.6 Å². The summed E-state index contributed by atoms with van der Waals surface area (Å²) in [7, 11) is 0. The molecule has 2 N–H and O–H groups in total. The van der Waals surface area contributed by atoms with E-state index < -0.39 is 0 Å². The number of nitrogens with one attached hydrogen (secondary N) is 2. The normalized spacial score (nSPS) is 21.3. The molecule has 2 aliphatic heterocycles. The first-order chi connectivity index (χ1) is 10.2. The first-order valence-electron chi connectivity index (χ1n) is 7.91. The summed E-state index contributed by atoms with van der Waals surface area (Å²) in [6.45, 7) is 5.95. The van der Waals surface area contributed by atoms with Crippen LogP contribution in [0.5, 0.6) is 0 Å². The Labute approximate surface area is 126 Å². The molecule has 0 radical (unpaired) electrons. The van der Waals surface area contributed by atoms with Gasteiger partial charge in [-0.15, -0.1) is 0 Å². The van der Waals surface area contributed by atoms with Crippen molar-refractivity contribution in [1.82, 2.24) is 10.3 Å². The highest BCUT2D eigenvalue weighted by Gasteiger charge is 2.35. The van der Waals surface area contributed by atoms with Crippen LogP contribution in [0.2, 0.25) is 0 Å². The van der Waals surface area contributed by atoms with Gasteiger partial charge in [-0.25, -0.2) is 4.98 Å². The molecule has 114 valence electrons. The molecule has 2 aliphatic rings. The van der Waals surface area contributed by atoms with Crippen molar-refractivity contribution in [3.05, 3.63) is 18.3 Å². The van der Waals surface area contributed by atoms with E-state index in [1.54, 1.807) is 6.20 Å². The molecule has 0 saturated carbocycles. The number of amides is 1. The molecule has 0 unspecified atom stereocenters. The van der Waals surface area contributed by atoms with Gasteiger partial charge in [-0.3, -0.25) is 4.79 Å². The third kappa shape index (κ3) is 3.02. The summed E-state index contributed by atoms with van der Waals surface area (Å²) in [5, 5.41) is 6.44. The van der Waals surface area contributed by atoms with Crippen LogP contribution >= 0.6 is 0 Å². The molecular weight excluding hydrogens is 264 g/mol. The molecule has 5 nitrogen and oxygen atoms in total. The van der Waals surface area contributed by atoms with E-state index in [0.29, 0.717) is 0 Å². The lowest BCUT2D eigenvalue weighted by atomic mass is 9.80. The quantitative estimate of drug-likeness (QED) is 0.893. The van der Waals surface area contributed by atoms with Crippen molar-refractivity contribution in [2.24, 2.45) is 5.41 Å². The van der Waals surface area contributed by atoms with E-state index in [1.165, 1.54) is 12.8 Å². The topological polar surface area (TPSA) is 57.3 Å². The number of aromatic nitrogens is 1. The standard InChI is InChI=1S/C16H24N4O/c1-16(6-9-17-10-7-16)15(21)19-13-5-4-8-18-14(13)20-11-2-3-12-20/h4-5,8,17H,2-3,6-7,9-12H2,1H3,(H,19,21). The molecule has 0 spiro atoms. The maximum absolute atomic E-state index is 12.7. The highest BCUT2D eigenvalue weighted by atomic mass is 16.2. The van der Waals surface area contributed by atoms with E-state index in [1.807, 2.05) is 12.1 Å². The van der Waals surface area contributed by atoms with E-state index in [0.717, 1.165) is 50.5 Å². The SMILES string of the molecule is CC1(C(=O)Nc2cccnc2N2CCCC2)CCNCC1. The molecule has 2 saturated heterocycles. The van der Waals surface area contributed by atoms with Crippen molar-refractivity contribution in [2.75, 3.05) is 36.4 Å². The van der Waals surface area contributed by atoms with Gasteiger partial charge in [-0.2, -0.15) is 0 Å². The van der Waals surface area contributed by atoms with Gasteiger partial charge in [0.15, 0.2) is 5.82 Å². The fraction of sp³-hybridized carbons (Fsp3) is 0.625. The van der Waals surface area contributed by atoms with Crippen LogP contribution in [0.25, 0.3) is 0 Å². The van der Waals surface area contributed by atoms with E-state index in [2.05, 4.69) is 27.4 Å². The summed E-state index contributed by atoms with van der Waals surface area (Å²) >= 11 is 0. The smallest absolute Gasteiger partial charge is 0.230 e. The Morgan fingerprint density at radius 3 is 2.76 bits per heavy atom. The fourth-order valence-electron chi connectivity index (χ4n) is 3.15. The molecule has 0 atom stereocenters. The Hall–Kier alpha value is -1.62. The summed E-state index contributed by atoms with van der Waals surface area (Å²) in [5.41, 5.74) is 0.577. The van der Waals surface area contributed by atoms with Crippen molar-refractivity contribution in [3.8, 4) is 0 Å². The Morgan fingerprint density at radius 2 is 2.05 bits per heavy atom. The van der Waals surface area contributed by atoms with Crippen LogP contribution < -0.4 is 15.5 Å². The number of rotatable bonds is 3. The summed E-state index contributed by atoms with van der Waals surface area (Å²) in [6, 6.07) is 3.85. The predicted molar refractivity (Wildman–Crippen MR) is 84.5 cm³/mol.